The van der Waals surface area contributed by atoms with Gasteiger partial charge in [-0.3, -0.25) is 0 Å². The van der Waals surface area contributed by atoms with Gasteiger partial charge in [-0.1, -0.05) is 0 Å². The van der Waals surface area contributed by atoms with E-state index in [0.29, 0.717) is 6.54 Å². The number of amides is 2. The van der Waals surface area contributed by atoms with Gasteiger partial charge in [-0.2, -0.15) is 0 Å². The summed E-state index contributed by atoms with van der Waals surface area (Å²) in [6, 6.07) is 0.217. The fraction of sp³-hybridized carbons (Fsp3) is 0.750. The topological polar surface area (TPSA) is 66.3 Å². The van der Waals surface area contributed by atoms with Crippen LogP contribution in [0.3, 0.4) is 0 Å². The van der Waals surface area contributed by atoms with Gasteiger partial charge < -0.3 is 19.7 Å². The highest BCUT2D eigenvalue weighted by Gasteiger charge is 2.25. The van der Waals surface area contributed by atoms with Crippen molar-refractivity contribution in [3.8, 4) is 0 Å². The zero-order chi connectivity index (χ0) is 13.8. The second-order valence-corrected chi connectivity index (χ2v) is 5.00. The molecule has 7 nitrogen and oxygen atoms in total. The predicted octanol–water partition coefficient (Wildman–Crippen LogP) is 0.144. The van der Waals surface area contributed by atoms with Crippen LogP contribution in [0.25, 0.3) is 0 Å². The first kappa shape index (κ1) is 13.8. The Morgan fingerprint density at radius 2 is 2.32 bits per heavy atom. The lowest BCUT2D eigenvalue weighted by Gasteiger charge is -2.38. The van der Waals surface area contributed by atoms with Crippen LogP contribution in [0.5, 0.6) is 0 Å². The molecule has 0 aliphatic carbocycles. The Morgan fingerprint density at radius 3 is 3.00 bits per heavy atom. The van der Waals surface area contributed by atoms with Gasteiger partial charge in [0.15, 0.2) is 5.82 Å². The fourth-order valence-electron chi connectivity index (χ4n) is 2.38. The summed E-state index contributed by atoms with van der Waals surface area (Å²) in [4.78, 5) is 16.3. The van der Waals surface area contributed by atoms with Gasteiger partial charge in [0.05, 0.1) is 6.54 Å². The van der Waals surface area contributed by atoms with E-state index in [-0.39, 0.29) is 12.1 Å². The molecule has 19 heavy (non-hydrogen) atoms. The number of hydrogen-bond acceptors (Lipinski definition) is 4. The van der Waals surface area contributed by atoms with E-state index < -0.39 is 0 Å². The van der Waals surface area contributed by atoms with Gasteiger partial charge >= 0.3 is 6.03 Å². The number of nitrogens with zero attached hydrogens (tertiary/aromatic N) is 5. The zero-order valence-corrected chi connectivity index (χ0v) is 11.8. The molecule has 1 aromatic rings. The molecule has 1 aromatic heterocycles. The molecule has 0 bridgehead atoms. The minimum Gasteiger partial charge on any atom is -0.331 e. The van der Waals surface area contributed by atoms with Crippen molar-refractivity contribution in [3.05, 3.63) is 12.2 Å². The van der Waals surface area contributed by atoms with E-state index >= 15 is 0 Å². The maximum absolute atomic E-state index is 12.1. The van der Waals surface area contributed by atoms with Crippen molar-refractivity contribution in [2.45, 2.75) is 33.0 Å². The Morgan fingerprint density at radius 1 is 1.53 bits per heavy atom. The number of aromatic nitrogens is 3. The van der Waals surface area contributed by atoms with Gasteiger partial charge in [-0.05, 0) is 20.9 Å². The van der Waals surface area contributed by atoms with Crippen LogP contribution in [0.4, 0.5) is 4.79 Å². The second kappa shape index (κ2) is 6.01. The summed E-state index contributed by atoms with van der Waals surface area (Å²) in [7, 11) is 2.08. The van der Waals surface area contributed by atoms with Crippen molar-refractivity contribution in [2.24, 2.45) is 0 Å². The molecule has 1 fully saturated rings. The summed E-state index contributed by atoms with van der Waals surface area (Å²) in [6.45, 7) is 7.93. The zero-order valence-electron chi connectivity index (χ0n) is 11.8. The first-order chi connectivity index (χ1) is 9.11. The van der Waals surface area contributed by atoms with Crippen LogP contribution >= 0.6 is 0 Å². The van der Waals surface area contributed by atoms with E-state index in [0.717, 1.165) is 32.0 Å². The summed E-state index contributed by atoms with van der Waals surface area (Å²) in [5.74, 6) is 0.789. The molecule has 0 saturated carbocycles. The maximum Gasteiger partial charge on any atom is 0.318 e. The Labute approximate surface area is 113 Å². The highest BCUT2D eigenvalue weighted by Crippen LogP contribution is 2.08. The lowest BCUT2D eigenvalue weighted by molar-refractivity contribution is 0.116. The van der Waals surface area contributed by atoms with Gasteiger partial charge in [0.25, 0.3) is 0 Å². The number of rotatable bonds is 3. The minimum atomic E-state index is -0.0220. The van der Waals surface area contributed by atoms with E-state index in [1.807, 2.05) is 16.4 Å². The van der Waals surface area contributed by atoms with Crippen LogP contribution in [0, 0.1) is 0 Å². The summed E-state index contributed by atoms with van der Waals surface area (Å²) in [5.41, 5.74) is 0. The van der Waals surface area contributed by atoms with Crippen LogP contribution in [0.1, 0.15) is 19.7 Å². The molecule has 1 saturated heterocycles. The normalized spacial score (nSPS) is 20.6. The monoisotopic (exact) mass is 266 g/mol. The number of hydrogen-bond donors (Lipinski definition) is 1. The summed E-state index contributed by atoms with van der Waals surface area (Å²) >= 11 is 0. The Balaban J connectivity index is 1.87. The first-order valence-corrected chi connectivity index (χ1v) is 6.71. The lowest BCUT2D eigenvalue weighted by Crippen LogP contribution is -2.55. The molecule has 1 aliphatic heterocycles. The van der Waals surface area contributed by atoms with Gasteiger partial charge in [-0.25, -0.2) is 4.79 Å². The molecule has 0 spiro atoms. The highest BCUT2D eigenvalue weighted by molar-refractivity contribution is 5.74. The molecular formula is C12H22N6O. The molecule has 2 amide bonds. The Kier molecular flexibility index (Phi) is 4.36. The number of likely N-dealkylation sites (N-methyl/N-ethyl adjacent to an activating group) is 1. The molecule has 2 heterocycles. The van der Waals surface area contributed by atoms with Crippen molar-refractivity contribution in [3.63, 3.8) is 0 Å². The molecule has 2 rings (SSSR count). The maximum atomic E-state index is 12.1. The number of urea groups is 1. The fourth-order valence-corrected chi connectivity index (χ4v) is 2.38. The van der Waals surface area contributed by atoms with Crippen LogP contribution in [0.15, 0.2) is 6.33 Å². The third-order valence-electron chi connectivity index (χ3n) is 3.53. The Hall–Kier alpha value is -1.63. The number of piperazine rings is 1. The predicted molar refractivity (Wildman–Crippen MR) is 71.6 cm³/mol. The molecule has 106 valence electrons. The highest BCUT2D eigenvalue weighted by atomic mass is 16.2. The molecular weight excluding hydrogens is 244 g/mol. The largest absolute Gasteiger partial charge is 0.331 e. The van der Waals surface area contributed by atoms with Crippen LogP contribution < -0.4 is 5.32 Å². The lowest BCUT2D eigenvalue weighted by atomic mass is 10.2. The molecule has 1 atom stereocenters. The molecule has 7 heteroatoms. The number of carbonyl (C=O) groups is 1. The average molecular weight is 266 g/mol. The number of nitrogens with one attached hydrogen (secondary N) is 1. The smallest absolute Gasteiger partial charge is 0.318 e. The van der Waals surface area contributed by atoms with Crippen molar-refractivity contribution in [1.29, 1.82) is 0 Å². The summed E-state index contributed by atoms with van der Waals surface area (Å²) < 4.78 is 1.92. The van der Waals surface area contributed by atoms with Gasteiger partial charge in [0.2, 0.25) is 0 Å². The van der Waals surface area contributed by atoms with E-state index in [4.69, 9.17) is 0 Å². The molecule has 1 N–H and O–H groups in total. The second-order valence-electron chi connectivity index (χ2n) is 5.00. The van der Waals surface area contributed by atoms with E-state index in [2.05, 4.69) is 34.4 Å². The number of aryl methyl sites for hydroxylation is 1. The summed E-state index contributed by atoms with van der Waals surface area (Å²) in [6.07, 6.45) is 1.68. The van der Waals surface area contributed by atoms with E-state index in [1.165, 1.54) is 0 Å². The van der Waals surface area contributed by atoms with Crippen molar-refractivity contribution in [1.82, 2.24) is 29.9 Å². The van der Waals surface area contributed by atoms with Gasteiger partial charge in [0.1, 0.15) is 6.33 Å². The third-order valence-corrected chi connectivity index (χ3v) is 3.53. The first-order valence-electron chi connectivity index (χ1n) is 6.71. The molecule has 0 aromatic carbocycles. The average Bonchev–Trinajstić information content (AvgIpc) is 2.83. The van der Waals surface area contributed by atoms with Crippen LogP contribution in [0.2, 0.25) is 0 Å². The standard InChI is InChI=1S/C12H22N6O/c1-4-17-9-14-15-11(17)7-13-12(19)18-6-5-16(3)8-10(18)2/h9-10H,4-8H2,1-3H3,(H,13,19)/t10-/m1/s1. The van der Waals surface area contributed by atoms with Crippen molar-refractivity contribution in [2.75, 3.05) is 26.7 Å². The number of carbonyl (C=O) groups excluding carboxylic acids is 1. The third kappa shape index (κ3) is 3.23. The van der Waals surface area contributed by atoms with Crippen LogP contribution in [-0.2, 0) is 13.1 Å². The van der Waals surface area contributed by atoms with E-state index in [1.54, 1.807) is 6.33 Å². The summed E-state index contributed by atoms with van der Waals surface area (Å²) in [5, 5.41) is 10.8. The minimum absolute atomic E-state index is 0.0220. The quantitative estimate of drug-likeness (QED) is 0.845. The molecule has 0 unspecified atom stereocenters. The SMILES string of the molecule is CCn1cnnc1CNC(=O)N1CCN(C)C[C@H]1C. The Bertz CT molecular complexity index is 432. The van der Waals surface area contributed by atoms with E-state index in [9.17, 15) is 4.79 Å². The van der Waals surface area contributed by atoms with Crippen LogP contribution in [-0.4, -0.2) is 63.3 Å². The van der Waals surface area contributed by atoms with Crippen molar-refractivity contribution >= 4 is 6.03 Å². The molecule has 1 aliphatic rings. The molecule has 0 radical (unpaired) electrons. The van der Waals surface area contributed by atoms with Crippen molar-refractivity contribution < 1.29 is 4.79 Å². The van der Waals surface area contributed by atoms with Gasteiger partial charge in [-0.15, -0.1) is 10.2 Å². The van der Waals surface area contributed by atoms with Gasteiger partial charge in [0, 0.05) is 32.2 Å².